The van der Waals surface area contributed by atoms with Gasteiger partial charge in [0, 0.05) is 25.7 Å². The number of phenols is 1. The second kappa shape index (κ2) is 10.5. The van der Waals surface area contributed by atoms with Gasteiger partial charge < -0.3 is 14.6 Å². The molecule has 0 amide bonds. The van der Waals surface area contributed by atoms with Crippen molar-refractivity contribution in [2.24, 2.45) is 0 Å². The second-order valence-electron chi connectivity index (χ2n) is 8.37. The molecule has 5 rings (SSSR count). The molecule has 1 aromatic carbocycles. The van der Waals surface area contributed by atoms with Crippen molar-refractivity contribution in [3.63, 3.8) is 0 Å². The van der Waals surface area contributed by atoms with Crippen LogP contribution in [0.5, 0.6) is 11.5 Å². The zero-order valence-electron chi connectivity index (χ0n) is 20.9. The first-order valence-corrected chi connectivity index (χ1v) is 13.4. The number of ether oxygens (including phenoxy) is 2. The highest BCUT2D eigenvalue weighted by Gasteiger charge is 2.35. The van der Waals surface area contributed by atoms with E-state index in [1.54, 1.807) is 29.0 Å². The van der Waals surface area contributed by atoms with Crippen LogP contribution in [0.3, 0.4) is 0 Å². The highest BCUT2D eigenvalue weighted by Crippen LogP contribution is 2.38. The van der Waals surface area contributed by atoms with Crippen molar-refractivity contribution in [1.82, 2.24) is 34.3 Å². The molecule has 0 radical (unpaired) electrons. The Labute approximate surface area is 228 Å². The molecule has 0 bridgehead atoms. The van der Waals surface area contributed by atoms with E-state index in [1.165, 1.54) is 44.2 Å². The molecule has 39 heavy (non-hydrogen) atoms. The number of aromatic nitrogens is 7. The van der Waals surface area contributed by atoms with E-state index in [0.29, 0.717) is 16.1 Å². The minimum absolute atomic E-state index is 0.130. The van der Waals surface area contributed by atoms with Gasteiger partial charge in [0.25, 0.3) is 0 Å². The van der Waals surface area contributed by atoms with Gasteiger partial charge in [-0.25, -0.2) is 22.9 Å². The van der Waals surface area contributed by atoms with Crippen LogP contribution in [0, 0.1) is 0 Å². The lowest BCUT2D eigenvalue weighted by molar-refractivity contribution is 0.0950. The molecule has 0 aliphatic heterocycles. The van der Waals surface area contributed by atoms with Crippen molar-refractivity contribution >= 4 is 33.1 Å². The molecule has 0 saturated carbocycles. The average Bonchev–Trinajstić information content (AvgIpc) is 3.53. The zero-order chi connectivity index (χ0) is 27.7. The standard InChI is InChI=1S/C24H23ClN8O5S/c1-14(21(38-3)22-26-11-15(25)12-27-22)39(35,36)31-24-30-29-23(16-13-28-32-10-5-4-7-17(16)32)33(24)20-18(34)8-6-9-19(20)37-2/h4-14,21,34H,1-3H3,(H,30,31)/t14-,21-/m0/s1. The van der Waals surface area contributed by atoms with E-state index in [-0.39, 0.29) is 34.8 Å². The maximum atomic E-state index is 13.6. The maximum absolute atomic E-state index is 13.6. The first-order valence-electron chi connectivity index (χ1n) is 11.5. The van der Waals surface area contributed by atoms with Crippen LogP contribution in [0.25, 0.3) is 22.6 Å². The zero-order valence-corrected chi connectivity index (χ0v) is 22.5. The number of halogens is 1. The van der Waals surface area contributed by atoms with Crippen LogP contribution >= 0.6 is 11.6 Å². The quantitative estimate of drug-likeness (QED) is 0.269. The average molecular weight is 571 g/mol. The summed E-state index contributed by atoms with van der Waals surface area (Å²) < 4.78 is 43.6. The third-order valence-electron chi connectivity index (χ3n) is 6.05. The fourth-order valence-corrected chi connectivity index (χ4v) is 5.33. The van der Waals surface area contributed by atoms with Crippen molar-refractivity contribution in [1.29, 1.82) is 0 Å². The van der Waals surface area contributed by atoms with E-state index >= 15 is 0 Å². The third-order valence-corrected chi connectivity index (χ3v) is 7.94. The van der Waals surface area contributed by atoms with Gasteiger partial charge in [-0.05, 0) is 31.2 Å². The molecule has 0 spiro atoms. The summed E-state index contributed by atoms with van der Waals surface area (Å²) in [4.78, 5) is 8.21. The molecule has 5 aromatic rings. The van der Waals surface area contributed by atoms with Gasteiger partial charge in [-0.15, -0.1) is 10.2 Å². The number of fused-ring (bicyclic) bond motifs is 1. The molecule has 0 saturated heterocycles. The molecule has 0 aliphatic carbocycles. The van der Waals surface area contributed by atoms with Gasteiger partial charge in [-0.1, -0.05) is 23.7 Å². The van der Waals surface area contributed by atoms with Crippen LogP contribution in [-0.2, 0) is 14.8 Å². The Kier molecular flexibility index (Phi) is 7.08. The Morgan fingerprint density at radius 1 is 1.05 bits per heavy atom. The van der Waals surface area contributed by atoms with Crippen molar-refractivity contribution in [2.75, 3.05) is 18.9 Å². The highest BCUT2D eigenvalue weighted by molar-refractivity contribution is 7.93. The molecule has 4 aromatic heterocycles. The molecule has 4 heterocycles. The number of hydrogen-bond donors (Lipinski definition) is 2. The topological polar surface area (TPSA) is 159 Å². The number of para-hydroxylation sites is 1. The van der Waals surface area contributed by atoms with Crippen LogP contribution < -0.4 is 9.46 Å². The van der Waals surface area contributed by atoms with Crippen molar-refractivity contribution < 1.29 is 23.0 Å². The molecular formula is C24H23ClN8O5S. The van der Waals surface area contributed by atoms with Crippen LogP contribution in [0.15, 0.2) is 61.2 Å². The molecular weight excluding hydrogens is 548 g/mol. The molecule has 202 valence electrons. The minimum atomic E-state index is -4.20. The number of rotatable bonds is 9. The smallest absolute Gasteiger partial charge is 0.243 e. The van der Waals surface area contributed by atoms with Gasteiger partial charge in [-0.3, -0.25) is 9.29 Å². The Morgan fingerprint density at radius 3 is 2.54 bits per heavy atom. The van der Waals surface area contributed by atoms with E-state index in [1.807, 2.05) is 18.2 Å². The first kappa shape index (κ1) is 26.3. The van der Waals surface area contributed by atoms with Crippen LogP contribution in [0.1, 0.15) is 18.9 Å². The number of phenolic OH excluding ortho intramolecular Hbond substituents is 1. The van der Waals surface area contributed by atoms with E-state index in [2.05, 4.69) is 30.0 Å². The van der Waals surface area contributed by atoms with Gasteiger partial charge in [0.2, 0.25) is 16.0 Å². The largest absolute Gasteiger partial charge is 0.506 e. The molecule has 2 N–H and O–H groups in total. The normalized spacial score (nSPS) is 13.3. The Morgan fingerprint density at radius 2 is 1.82 bits per heavy atom. The minimum Gasteiger partial charge on any atom is -0.506 e. The summed E-state index contributed by atoms with van der Waals surface area (Å²) in [6.45, 7) is 1.45. The SMILES string of the molecule is COc1cccc(O)c1-n1c(NS(=O)(=O)[C@@H](C)[C@H](OC)c2ncc(Cl)cn2)nnc1-c1cnn2ccccc12. The van der Waals surface area contributed by atoms with Crippen LogP contribution in [-0.4, -0.2) is 67.3 Å². The van der Waals surface area contributed by atoms with Gasteiger partial charge in [0.1, 0.15) is 28.5 Å². The number of hydrogen-bond acceptors (Lipinski definition) is 10. The summed E-state index contributed by atoms with van der Waals surface area (Å²) in [5.74, 6) is 0.218. The van der Waals surface area contributed by atoms with Gasteiger partial charge in [0.05, 0.1) is 29.4 Å². The Balaban J connectivity index is 1.64. The molecule has 15 heteroatoms. The van der Waals surface area contributed by atoms with Crippen molar-refractivity contribution in [3.8, 4) is 28.6 Å². The fourth-order valence-electron chi connectivity index (χ4n) is 4.10. The number of nitrogens with one attached hydrogen (secondary N) is 1. The number of aromatic hydroxyl groups is 1. The number of nitrogens with zero attached hydrogens (tertiary/aromatic N) is 7. The summed E-state index contributed by atoms with van der Waals surface area (Å²) in [6.07, 6.45) is 5.00. The van der Waals surface area contributed by atoms with E-state index in [0.717, 1.165) is 0 Å². The number of pyridine rings is 1. The maximum Gasteiger partial charge on any atom is 0.243 e. The second-order valence-corrected chi connectivity index (χ2v) is 10.8. The Bertz CT molecular complexity index is 1740. The molecule has 0 unspecified atom stereocenters. The highest BCUT2D eigenvalue weighted by atomic mass is 35.5. The van der Waals surface area contributed by atoms with Gasteiger partial charge >= 0.3 is 0 Å². The van der Waals surface area contributed by atoms with Gasteiger partial charge in [-0.2, -0.15) is 5.10 Å². The number of anilines is 1. The van der Waals surface area contributed by atoms with E-state index in [4.69, 9.17) is 21.1 Å². The number of methoxy groups -OCH3 is 2. The van der Waals surface area contributed by atoms with Crippen LogP contribution in [0.4, 0.5) is 5.95 Å². The lowest BCUT2D eigenvalue weighted by Crippen LogP contribution is -2.33. The first-order chi connectivity index (χ1) is 18.7. The molecule has 0 fully saturated rings. The summed E-state index contributed by atoms with van der Waals surface area (Å²) in [5.41, 5.74) is 1.35. The van der Waals surface area contributed by atoms with Crippen molar-refractivity contribution in [3.05, 3.63) is 72.0 Å². The molecule has 0 aliphatic rings. The number of benzene rings is 1. The summed E-state index contributed by atoms with van der Waals surface area (Å²) in [5, 5.41) is 22.7. The third kappa shape index (κ3) is 4.84. The monoisotopic (exact) mass is 570 g/mol. The molecule has 13 nitrogen and oxygen atoms in total. The summed E-state index contributed by atoms with van der Waals surface area (Å²) >= 11 is 5.88. The van der Waals surface area contributed by atoms with Crippen LogP contribution in [0.2, 0.25) is 5.02 Å². The summed E-state index contributed by atoms with van der Waals surface area (Å²) in [7, 11) is -1.41. The number of sulfonamides is 1. The van der Waals surface area contributed by atoms with Gasteiger partial charge in [0.15, 0.2) is 11.6 Å². The fraction of sp³-hybridized carbons (Fsp3) is 0.208. The van der Waals surface area contributed by atoms with E-state index in [9.17, 15) is 13.5 Å². The predicted octanol–water partition coefficient (Wildman–Crippen LogP) is 3.26. The van der Waals surface area contributed by atoms with Crippen molar-refractivity contribution in [2.45, 2.75) is 18.3 Å². The lowest BCUT2D eigenvalue weighted by Gasteiger charge is -2.22. The Hall–Kier alpha value is -4.27. The van der Waals surface area contributed by atoms with E-state index < -0.39 is 21.4 Å². The lowest BCUT2D eigenvalue weighted by atomic mass is 10.2. The molecule has 2 atom stereocenters. The predicted molar refractivity (Wildman–Crippen MR) is 143 cm³/mol. The summed E-state index contributed by atoms with van der Waals surface area (Å²) in [6, 6.07) is 10.1.